The van der Waals surface area contributed by atoms with E-state index in [0.717, 1.165) is 13.0 Å². The van der Waals surface area contributed by atoms with Gasteiger partial charge >= 0.3 is 0 Å². The van der Waals surface area contributed by atoms with Crippen molar-refractivity contribution >= 4 is 10.9 Å². The number of rotatable bonds is 3. The minimum absolute atomic E-state index is 0.566. The van der Waals surface area contributed by atoms with Gasteiger partial charge in [-0.2, -0.15) is 0 Å². The number of fused-ring (bicyclic) bond motifs is 3. The molecule has 2 heteroatoms. The second-order valence-electron chi connectivity index (χ2n) is 5.22. The van der Waals surface area contributed by atoms with Crippen molar-refractivity contribution < 1.29 is 0 Å². The topological polar surface area (TPSA) is 41.8 Å². The molecule has 1 heterocycles. The van der Waals surface area contributed by atoms with Gasteiger partial charge in [0.2, 0.25) is 0 Å². The fraction of sp³-hybridized carbons (Fsp3) is 0.467. The van der Waals surface area contributed by atoms with Crippen molar-refractivity contribution in [2.24, 2.45) is 5.73 Å². The van der Waals surface area contributed by atoms with Crippen molar-refractivity contribution in [3.05, 3.63) is 35.0 Å². The quantitative estimate of drug-likeness (QED) is 0.832. The number of aromatic nitrogens is 1. The lowest BCUT2D eigenvalue weighted by molar-refractivity contribution is 0.691. The van der Waals surface area contributed by atoms with E-state index in [0.29, 0.717) is 5.92 Å². The Morgan fingerprint density at radius 2 is 2.24 bits per heavy atom. The minimum Gasteiger partial charge on any atom is -0.358 e. The van der Waals surface area contributed by atoms with Crippen molar-refractivity contribution in [3.63, 3.8) is 0 Å². The molecule has 0 aliphatic heterocycles. The number of aryl methyl sites for hydroxylation is 2. The van der Waals surface area contributed by atoms with Crippen LogP contribution in [0.25, 0.3) is 10.9 Å². The van der Waals surface area contributed by atoms with Gasteiger partial charge < -0.3 is 10.7 Å². The van der Waals surface area contributed by atoms with Crippen LogP contribution in [0.2, 0.25) is 0 Å². The maximum Gasteiger partial charge on any atom is 0.0459 e. The Kier molecular flexibility index (Phi) is 2.67. The largest absolute Gasteiger partial charge is 0.358 e. The predicted octanol–water partition coefficient (Wildman–Crippen LogP) is 3.11. The summed E-state index contributed by atoms with van der Waals surface area (Å²) in [5, 5.41) is 1.44. The molecule has 0 amide bonds. The normalized spacial score (nSPS) is 16.4. The fourth-order valence-corrected chi connectivity index (χ4v) is 2.99. The molecule has 1 aromatic carbocycles. The summed E-state index contributed by atoms with van der Waals surface area (Å²) in [4.78, 5) is 3.55. The van der Waals surface area contributed by atoms with Crippen LogP contribution in [0.3, 0.4) is 0 Å². The number of benzene rings is 1. The van der Waals surface area contributed by atoms with Crippen molar-refractivity contribution in [2.75, 3.05) is 6.54 Å². The summed E-state index contributed by atoms with van der Waals surface area (Å²) in [6.07, 6.45) is 4.83. The van der Waals surface area contributed by atoms with Gasteiger partial charge in [-0.05, 0) is 61.4 Å². The molecule has 3 N–H and O–H groups in total. The molecule has 0 saturated carbocycles. The molecule has 17 heavy (non-hydrogen) atoms. The van der Waals surface area contributed by atoms with Gasteiger partial charge in [0.1, 0.15) is 0 Å². The molecule has 2 aromatic rings. The predicted molar refractivity (Wildman–Crippen MR) is 72.4 cm³/mol. The lowest BCUT2D eigenvalue weighted by Gasteiger charge is -2.10. The Bertz CT molecular complexity index is 539. The molecule has 0 spiro atoms. The first-order chi connectivity index (χ1) is 8.29. The highest BCUT2D eigenvalue weighted by Crippen LogP contribution is 2.32. The molecule has 1 aliphatic rings. The third-order valence-corrected chi connectivity index (χ3v) is 4.04. The zero-order valence-corrected chi connectivity index (χ0v) is 10.4. The molecule has 1 aromatic heterocycles. The number of H-pyrrole nitrogens is 1. The van der Waals surface area contributed by atoms with Gasteiger partial charge in [0.25, 0.3) is 0 Å². The van der Waals surface area contributed by atoms with Gasteiger partial charge in [-0.25, -0.2) is 0 Å². The number of nitrogens with one attached hydrogen (secondary N) is 1. The van der Waals surface area contributed by atoms with Crippen molar-refractivity contribution in [3.8, 4) is 0 Å². The van der Waals surface area contributed by atoms with Gasteiger partial charge in [0, 0.05) is 16.6 Å². The Morgan fingerprint density at radius 3 is 3.06 bits per heavy atom. The summed E-state index contributed by atoms with van der Waals surface area (Å²) in [6.45, 7) is 3.03. The monoisotopic (exact) mass is 228 g/mol. The molecule has 90 valence electrons. The summed E-state index contributed by atoms with van der Waals surface area (Å²) >= 11 is 0. The lowest BCUT2D eigenvalue weighted by atomic mass is 9.96. The number of hydrogen-bond donors (Lipinski definition) is 2. The van der Waals surface area contributed by atoms with Crippen LogP contribution in [0.15, 0.2) is 18.2 Å². The van der Waals surface area contributed by atoms with Crippen LogP contribution in [0, 0.1) is 0 Å². The first-order valence-corrected chi connectivity index (χ1v) is 6.63. The van der Waals surface area contributed by atoms with Crippen LogP contribution < -0.4 is 5.73 Å². The van der Waals surface area contributed by atoms with Gasteiger partial charge in [0.05, 0.1) is 0 Å². The molecule has 0 fully saturated rings. The van der Waals surface area contributed by atoms with E-state index in [1.807, 2.05) is 0 Å². The van der Waals surface area contributed by atoms with Crippen LogP contribution >= 0.6 is 0 Å². The van der Waals surface area contributed by atoms with E-state index in [1.54, 1.807) is 5.56 Å². The van der Waals surface area contributed by atoms with Crippen molar-refractivity contribution in [1.29, 1.82) is 0 Å². The SMILES string of the molecule is CC(CCN)c1ccc2[nH]c3c(c2c1)CCC3. The van der Waals surface area contributed by atoms with Crippen LogP contribution in [0.4, 0.5) is 0 Å². The molecular formula is C15H20N2. The van der Waals surface area contributed by atoms with E-state index < -0.39 is 0 Å². The maximum absolute atomic E-state index is 5.64. The summed E-state index contributed by atoms with van der Waals surface area (Å²) in [6, 6.07) is 6.85. The van der Waals surface area contributed by atoms with Gasteiger partial charge in [-0.1, -0.05) is 13.0 Å². The molecule has 2 nitrogen and oxygen atoms in total. The first-order valence-electron chi connectivity index (χ1n) is 6.63. The Hall–Kier alpha value is -1.28. The number of hydrogen-bond acceptors (Lipinski definition) is 1. The van der Waals surface area contributed by atoms with Crippen molar-refractivity contribution in [2.45, 2.75) is 38.5 Å². The second kappa shape index (κ2) is 4.19. The van der Waals surface area contributed by atoms with Crippen LogP contribution in [0.5, 0.6) is 0 Å². The van der Waals surface area contributed by atoms with Gasteiger partial charge in [-0.15, -0.1) is 0 Å². The molecule has 0 radical (unpaired) electrons. The van der Waals surface area contributed by atoms with E-state index in [4.69, 9.17) is 5.73 Å². The zero-order valence-electron chi connectivity index (χ0n) is 10.4. The molecule has 1 atom stereocenters. The first kappa shape index (κ1) is 10.8. The average molecular weight is 228 g/mol. The minimum atomic E-state index is 0.566. The van der Waals surface area contributed by atoms with E-state index in [9.17, 15) is 0 Å². The molecular weight excluding hydrogens is 208 g/mol. The third kappa shape index (κ3) is 1.77. The standard InChI is InChI=1S/C15H20N2/c1-10(7-8-16)11-5-6-15-13(9-11)12-3-2-4-14(12)17-15/h5-6,9-10,17H,2-4,7-8,16H2,1H3. The molecule has 3 rings (SSSR count). The highest BCUT2D eigenvalue weighted by atomic mass is 14.7. The highest BCUT2D eigenvalue weighted by molar-refractivity contribution is 5.86. The van der Waals surface area contributed by atoms with Crippen LogP contribution in [-0.2, 0) is 12.8 Å². The third-order valence-electron chi connectivity index (χ3n) is 4.04. The lowest BCUT2D eigenvalue weighted by Crippen LogP contribution is -2.04. The van der Waals surface area contributed by atoms with E-state index in [-0.39, 0.29) is 0 Å². The summed E-state index contributed by atoms with van der Waals surface area (Å²) in [7, 11) is 0. The molecule has 1 unspecified atom stereocenters. The van der Waals surface area contributed by atoms with Crippen molar-refractivity contribution in [1.82, 2.24) is 4.98 Å². The van der Waals surface area contributed by atoms with Crippen LogP contribution in [0.1, 0.15) is 42.5 Å². The summed E-state index contributed by atoms with van der Waals surface area (Å²) in [5.74, 6) is 0.566. The summed E-state index contributed by atoms with van der Waals surface area (Å²) < 4.78 is 0. The average Bonchev–Trinajstić information content (AvgIpc) is 2.88. The zero-order chi connectivity index (χ0) is 11.8. The molecule has 0 bridgehead atoms. The Labute approximate surface area is 102 Å². The van der Waals surface area contributed by atoms with E-state index in [1.165, 1.54) is 41.4 Å². The maximum atomic E-state index is 5.64. The van der Waals surface area contributed by atoms with E-state index >= 15 is 0 Å². The smallest absolute Gasteiger partial charge is 0.0459 e. The number of nitrogens with two attached hydrogens (primary N) is 1. The van der Waals surface area contributed by atoms with Gasteiger partial charge in [-0.3, -0.25) is 0 Å². The fourth-order valence-electron chi connectivity index (χ4n) is 2.99. The Morgan fingerprint density at radius 1 is 1.35 bits per heavy atom. The highest BCUT2D eigenvalue weighted by Gasteiger charge is 2.17. The molecule has 0 saturated heterocycles. The van der Waals surface area contributed by atoms with Gasteiger partial charge in [0.15, 0.2) is 0 Å². The van der Waals surface area contributed by atoms with Crippen LogP contribution in [-0.4, -0.2) is 11.5 Å². The molecule has 1 aliphatic carbocycles. The second-order valence-corrected chi connectivity index (χ2v) is 5.22. The van der Waals surface area contributed by atoms with E-state index in [2.05, 4.69) is 30.1 Å². The Balaban J connectivity index is 2.05. The summed E-state index contributed by atoms with van der Waals surface area (Å²) in [5.41, 5.74) is 11.4. The number of aromatic amines is 1.